The molecule has 2 aromatic carbocycles. The van der Waals surface area contributed by atoms with Crippen LogP contribution in [0.3, 0.4) is 0 Å². The Morgan fingerprint density at radius 1 is 1.04 bits per heavy atom. The molecule has 1 atom stereocenters. The molecule has 1 aliphatic rings. The van der Waals surface area contributed by atoms with Crippen LogP contribution in [0.25, 0.3) is 0 Å². The summed E-state index contributed by atoms with van der Waals surface area (Å²) in [6.07, 6.45) is -1.12. The lowest BCUT2D eigenvalue weighted by molar-refractivity contribution is 0.0687. The number of aliphatic hydroxyl groups is 1. The largest absolute Gasteiger partial charge is 0.491 e. The van der Waals surface area contributed by atoms with Crippen LogP contribution in [0.15, 0.2) is 59.5 Å². The number of amides is 1. The predicted octanol–water partition coefficient (Wildman–Crippen LogP) is 1.27. The van der Waals surface area contributed by atoms with E-state index in [0.717, 1.165) is 0 Å². The van der Waals surface area contributed by atoms with E-state index >= 15 is 0 Å². The Hall–Kier alpha value is -2.38. The number of fused-ring (bicyclic) bond motifs is 1. The van der Waals surface area contributed by atoms with Crippen LogP contribution in [-0.4, -0.2) is 43.0 Å². The summed E-state index contributed by atoms with van der Waals surface area (Å²) in [6, 6.07) is 14.8. The van der Waals surface area contributed by atoms with Gasteiger partial charge in [-0.1, -0.05) is 30.3 Å². The van der Waals surface area contributed by atoms with Gasteiger partial charge in [0, 0.05) is 0 Å². The lowest BCUT2D eigenvalue weighted by Gasteiger charge is -2.19. The first-order valence-corrected chi connectivity index (χ1v) is 8.46. The number of carbonyl (C=O) groups is 1. The molecule has 0 aliphatic carbocycles. The summed E-state index contributed by atoms with van der Waals surface area (Å²) in [5, 5.41) is 10.0. The first-order valence-electron chi connectivity index (χ1n) is 7.02. The highest BCUT2D eigenvalue weighted by Gasteiger charge is 2.41. The molecule has 1 amide bonds. The summed E-state index contributed by atoms with van der Waals surface area (Å²) < 4.78 is 30.8. The van der Waals surface area contributed by atoms with Crippen LogP contribution in [0, 0.1) is 0 Å². The summed E-state index contributed by atoms with van der Waals surface area (Å²) in [6.45, 7) is -0.456. The molecule has 1 aliphatic heterocycles. The van der Waals surface area contributed by atoms with Gasteiger partial charge >= 0.3 is 0 Å². The average molecular weight is 333 g/mol. The zero-order chi connectivity index (χ0) is 16.4. The summed E-state index contributed by atoms with van der Waals surface area (Å²) in [7, 11) is -3.91. The number of sulfonamides is 1. The van der Waals surface area contributed by atoms with Gasteiger partial charge < -0.3 is 9.84 Å². The maximum Gasteiger partial charge on any atom is 0.269 e. The second-order valence-electron chi connectivity index (χ2n) is 5.12. The van der Waals surface area contributed by atoms with Gasteiger partial charge in [0.05, 0.1) is 12.1 Å². The van der Waals surface area contributed by atoms with E-state index < -0.39 is 22.0 Å². The SMILES string of the molecule is O=C1c2ccccc2S(=O)(=O)N1C[C@@H](O)COc1ccccc1. The van der Waals surface area contributed by atoms with Crippen molar-refractivity contribution in [1.82, 2.24) is 4.31 Å². The molecule has 0 radical (unpaired) electrons. The Balaban J connectivity index is 1.70. The minimum absolute atomic E-state index is 0.0267. The molecule has 23 heavy (non-hydrogen) atoms. The molecule has 0 bridgehead atoms. The topological polar surface area (TPSA) is 83.9 Å². The fourth-order valence-electron chi connectivity index (χ4n) is 2.36. The second-order valence-corrected chi connectivity index (χ2v) is 6.95. The van der Waals surface area contributed by atoms with Crippen molar-refractivity contribution < 1.29 is 23.1 Å². The highest BCUT2D eigenvalue weighted by molar-refractivity contribution is 7.90. The van der Waals surface area contributed by atoms with E-state index in [-0.39, 0.29) is 23.6 Å². The molecule has 0 aromatic heterocycles. The van der Waals surface area contributed by atoms with Crippen LogP contribution in [0.1, 0.15) is 10.4 Å². The fourth-order valence-corrected chi connectivity index (χ4v) is 3.97. The first-order chi connectivity index (χ1) is 11.0. The summed E-state index contributed by atoms with van der Waals surface area (Å²) in [5.41, 5.74) is 0.128. The van der Waals surface area contributed by atoms with Crippen LogP contribution in [0.2, 0.25) is 0 Å². The zero-order valence-corrected chi connectivity index (χ0v) is 12.9. The van der Waals surface area contributed by atoms with Crippen LogP contribution in [0.5, 0.6) is 5.75 Å². The summed E-state index contributed by atoms with van der Waals surface area (Å²) >= 11 is 0. The second kappa shape index (κ2) is 6.02. The molecule has 1 N–H and O–H groups in total. The maximum absolute atomic E-state index is 12.4. The van der Waals surface area contributed by atoms with Gasteiger partial charge in [-0.25, -0.2) is 12.7 Å². The van der Waals surface area contributed by atoms with E-state index in [4.69, 9.17) is 4.74 Å². The third kappa shape index (κ3) is 2.93. The fraction of sp³-hybridized carbons (Fsp3) is 0.188. The molecule has 0 spiro atoms. The number of hydrogen-bond donors (Lipinski definition) is 1. The molecule has 0 saturated carbocycles. The van der Waals surface area contributed by atoms with Crippen LogP contribution >= 0.6 is 0 Å². The first kappa shape index (κ1) is 15.5. The molecule has 0 unspecified atom stereocenters. The number of para-hydroxylation sites is 1. The van der Waals surface area contributed by atoms with Crippen LogP contribution in [-0.2, 0) is 10.0 Å². The minimum Gasteiger partial charge on any atom is -0.491 e. The lowest BCUT2D eigenvalue weighted by atomic mass is 10.2. The van der Waals surface area contributed by atoms with Crippen molar-refractivity contribution in [3.63, 3.8) is 0 Å². The van der Waals surface area contributed by atoms with Gasteiger partial charge in [-0.15, -0.1) is 0 Å². The Bertz CT molecular complexity index is 819. The third-order valence-electron chi connectivity index (χ3n) is 3.47. The highest BCUT2D eigenvalue weighted by Crippen LogP contribution is 2.29. The monoisotopic (exact) mass is 333 g/mol. The van der Waals surface area contributed by atoms with Crippen molar-refractivity contribution >= 4 is 15.9 Å². The molecule has 0 fully saturated rings. The maximum atomic E-state index is 12.4. The molecule has 6 nitrogen and oxygen atoms in total. The molecule has 7 heteroatoms. The number of β-amino-alcohol motifs (C(OH)–C–C–N with tert-alkyl or cyclic N) is 1. The Morgan fingerprint density at radius 2 is 1.70 bits per heavy atom. The van der Waals surface area contributed by atoms with Crippen molar-refractivity contribution in [3.05, 3.63) is 60.2 Å². The molecular formula is C16H15NO5S. The number of nitrogens with zero attached hydrogens (tertiary/aromatic N) is 1. The standard InChI is InChI=1S/C16H15NO5S/c18-12(11-22-13-6-2-1-3-7-13)10-17-16(19)14-8-4-5-9-15(14)23(17,20)21/h1-9,12,18H,10-11H2/t12-/m1/s1. The molecule has 2 aromatic rings. The van der Waals surface area contributed by atoms with E-state index in [1.54, 1.807) is 36.4 Å². The van der Waals surface area contributed by atoms with Crippen molar-refractivity contribution in [2.45, 2.75) is 11.0 Å². The molecule has 120 valence electrons. The normalized spacial score (nSPS) is 16.9. The number of aliphatic hydroxyl groups excluding tert-OH is 1. The molecule has 3 rings (SSSR count). The van der Waals surface area contributed by atoms with Gasteiger partial charge in [0.15, 0.2) is 0 Å². The summed E-state index contributed by atoms with van der Waals surface area (Å²) in [4.78, 5) is 12.2. The zero-order valence-electron chi connectivity index (χ0n) is 12.1. The Labute approximate surface area is 134 Å². The number of benzene rings is 2. The third-order valence-corrected chi connectivity index (χ3v) is 5.28. The van der Waals surface area contributed by atoms with Gasteiger partial charge in [-0.3, -0.25) is 4.79 Å². The Kier molecular flexibility index (Phi) is 4.06. The molecular weight excluding hydrogens is 318 g/mol. The van der Waals surface area contributed by atoms with Gasteiger partial charge in [0.1, 0.15) is 23.4 Å². The van der Waals surface area contributed by atoms with E-state index in [1.807, 2.05) is 6.07 Å². The van der Waals surface area contributed by atoms with Crippen LogP contribution < -0.4 is 4.74 Å². The smallest absolute Gasteiger partial charge is 0.269 e. The van der Waals surface area contributed by atoms with Crippen molar-refractivity contribution in [2.75, 3.05) is 13.2 Å². The quantitative estimate of drug-likeness (QED) is 0.891. The average Bonchev–Trinajstić information content (AvgIpc) is 2.75. The van der Waals surface area contributed by atoms with Crippen LogP contribution in [0.4, 0.5) is 0 Å². The molecule has 0 saturated heterocycles. The van der Waals surface area contributed by atoms with E-state index in [9.17, 15) is 18.3 Å². The van der Waals surface area contributed by atoms with Gasteiger partial charge in [0.2, 0.25) is 0 Å². The minimum atomic E-state index is -3.91. The molecule has 1 heterocycles. The van der Waals surface area contributed by atoms with Gasteiger partial charge in [0.25, 0.3) is 15.9 Å². The number of ether oxygens (including phenoxy) is 1. The highest BCUT2D eigenvalue weighted by atomic mass is 32.2. The van der Waals surface area contributed by atoms with E-state index in [0.29, 0.717) is 10.1 Å². The number of hydrogen-bond acceptors (Lipinski definition) is 5. The number of carbonyl (C=O) groups excluding carboxylic acids is 1. The van der Waals surface area contributed by atoms with Gasteiger partial charge in [-0.05, 0) is 24.3 Å². The predicted molar refractivity (Wildman–Crippen MR) is 82.6 cm³/mol. The summed E-state index contributed by atoms with van der Waals surface area (Å²) in [5.74, 6) is -0.0650. The van der Waals surface area contributed by atoms with E-state index in [1.165, 1.54) is 12.1 Å². The van der Waals surface area contributed by atoms with E-state index in [2.05, 4.69) is 0 Å². The number of rotatable bonds is 5. The van der Waals surface area contributed by atoms with Crippen molar-refractivity contribution in [1.29, 1.82) is 0 Å². The lowest BCUT2D eigenvalue weighted by Crippen LogP contribution is -2.39. The Morgan fingerprint density at radius 3 is 2.39 bits per heavy atom. The van der Waals surface area contributed by atoms with Crippen molar-refractivity contribution in [2.24, 2.45) is 0 Å². The van der Waals surface area contributed by atoms with Crippen molar-refractivity contribution in [3.8, 4) is 5.75 Å². The van der Waals surface area contributed by atoms with Gasteiger partial charge in [-0.2, -0.15) is 0 Å².